The summed E-state index contributed by atoms with van der Waals surface area (Å²) in [6.07, 6.45) is 3.92. The summed E-state index contributed by atoms with van der Waals surface area (Å²) in [5, 5.41) is 5.66. The molecule has 0 atom stereocenters. The SMILES string of the molecule is Cc1cccc(N2CCN(C3=NC(=O)C(=Cc4cn(-c5ccccc5)nc4-c4ccccc4)S3)CC2)c1. The molecule has 0 radical (unpaired) electrons. The van der Waals surface area contributed by atoms with Crippen molar-refractivity contribution in [2.45, 2.75) is 6.92 Å². The molecule has 7 heteroatoms. The van der Waals surface area contributed by atoms with Crippen molar-refractivity contribution < 1.29 is 4.79 Å². The molecule has 1 amide bonds. The van der Waals surface area contributed by atoms with E-state index in [0.29, 0.717) is 4.91 Å². The third-order valence-corrected chi connectivity index (χ3v) is 7.67. The lowest BCUT2D eigenvalue weighted by Gasteiger charge is -2.36. The van der Waals surface area contributed by atoms with Crippen LogP contribution in [0.1, 0.15) is 11.1 Å². The molecule has 6 rings (SSSR count). The number of amides is 1. The Morgan fingerprint density at radius 3 is 2.22 bits per heavy atom. The van der Waals surface area contributed by atoms with Crippen LogP contribution in [0.25, 0.3) is 23.0 Å². The van der Waals surface area contributed by atoms with Crippen LogP contribution in [-0.2, 0) is 4.79 Å². The molecule has 0 spiro atoms. The minimum atomic E-state index is -0.187. The van der Waals surface area contributed by atoms with Gasteiger partial charge in [-0.2, -0.15) is 10.1 Å². The number of carbonyl (C=O) groups excluding carboxylic acids is 1. The third-order valence-electron chi connectivity index (χ3n) is 6.62. The Labute approximate surface area is 220 Å². The molecule has 0 aliphatic carbocycles. The highest BCUT2D eigenvalue weighted by Gasteiger charge is 2.29. The quantitative estimate of drug-likeness (QED) is 0.336. The maximum absolute atomic E-state index is 12.9. The molecule has 0 unspecified atom stereocenters. The topological polar surface area (TPSA) is 53.7 Å². The van der Waals surface area contributed by atoms with Gasteiger partial charge in [-0.3, -0.25) is 4.79 Å². The molecule has 4 aromatic rings. The van der Waals surface area contributed by atoms with Crippen molar-refractivity contribution in [1.29, 1.82) is 0 Å². The van der Waals surface area contributed by atoms with Crippen molar-refractivity contribution in [3.8, 4) is 16.9 Å². The number of aryl methyl sites for hydroxylation is 1. The van der Waals surface area contributed by atoms with Gasteiger partial charge in [-0.15, -0.1) is 0 Å². The number of rotatable bonds is 4. The molecule has 2 aliphatic rings. The standard InChI is InChI=1S/C30H27N5OS/c1-22-9-8-14-26(19-22)33-15-17-34(18-16-33)30-31-29(36)27(37-30)20-24-21-35(25-12-6-3-7-13-25)32-28(24)23-10-4-2-5-11-23/h2-14,19-21H,15-18H2,1H3. The second kappa shape index (κ2) is 10.1. The molecule has 37 heavy (non-hydrogen) atoms. The van der Waals surface area contributed by atoms with Gasteiger partial charge in [-0.25, -0.2) is 4.68 Å². The lowest BCUT2D eigenvalue weighted by molar-refractivity contribution is -0.113. The Bertz CT molecular complexity index is 1480. The predicted molar refractivity (Wildman–Crippen MR) is 152 cm³/mol. The molecule has 1 saturated heterocycles. The van der Waals surface area contributed by atoms with E-state index < -0.39 is 0 Å². The first kappa shape index (κ1) is 23.3. The largest absolute Gasteiger partial charge is 0.368 e. The van der Waals surface area contributed by atoms with E-state index in [1.807, 2.05) is 77.6 Å². The second-order valence-electron chi connectivity index (χ2n) is 9.20. The average molecular weight is 506 g/mol. The van der Waals surface area contributed by atoms with Gasteiger partial charge in [-0.1, -0.05) is 60.7 Å². The van der Waals surface area contributed by atoms with E-state index in [9.17, 15) is 4.79 Å². The fourth-order valence-corrected chi connectivity index (χ4v) is 5.64. The predicted octanol–water partition coefficient (Wildman–Crippen LogP) is 5.64. The van der Waals surface area contributed by atoms with Crippen molar-refractivity contribution >= 4 is 34.6 Å². The van der Waals surface area contributed by atoms with Crippen molar-refractivity contribution in [3.05, 3.63) is 107 Å². The summed E-state index contributed by atoms with van der Waals surface area (Å²) >= 11 is 1.46. The highest BCUT2D eigenvalue weighted by atomic mass is 32.2. The fraction of sp³-hybridized carbons (Fsp3) is 0.167. The van der Waals surface area contributed by atoms with Crippen molar-refractivity contribution in [2.75, 3.05) is 31.1 Å². The molecular formula is C30H27N5OS. The summed E-state index contributed by atoms with van der Waals surface area (Å²) in [4.78, 5) is 22.6. The van der Waals surface area contributed by atoms with Crippen LogP contribution >= 0.6 is 11.8 Å². The number of thioether (sulfide) groups is 1. The molecule has 3 heterocycles. The number of piperazine rings is 1. The highest BCUT2D eigenvalue weighted by Crippen LogP contribution is 2.34. The number of aliphatic imine (C=N–C) groups is 1. The van der Waals surface area contributed by atoms with Gasteiger partial charge in [0.25, 0.3) is 5.91 Å². The van der Waals surface area contributed by atoms with E-state index in [4.69, 9.17) is 5.10 Å². The number of anilines is 1. The first-order valence-electron chi connectivity index (χ1n) is 12.4. The molecule has 3 aromatic carbocycles. The Hall–Kier alpha value is -4.10. The van der Waals surface area contributed by atoms with E-state index in [2.05, 4.69) is 46.0 Å². The van der Waals surface area contributed by atoms with E-state index >= 15 is 0 Å². The van der Waals surface area contributed by atoms with Gasteiger partial charge in [-0.05, 0) is 54.6 Å². The Morgan fingerprint density at radius 1 is 0.811 bits per heavy atom. The minimum absolute atomic E-state index is 0.187. The number of para-hydroxylation sites is 1. The van der Waals surface area contributed by atoms with Crippen LogP contribution in [0.2, 0.25) is 0 Å². The molecule has 2 aliphatic heterocycles. The van der Waals surface area contributed by atoms with Crippen LogP contribution in [0.3, 0.4) is 0 Å². The highest BCUT2D eigenvalue weighted by molar-refractivity contribution is 8.18. The summed E-state index contributed by atoms with van der Waals surface area (Å²) in [7, 11) is 0. The molecule has 1 fully saturated rings. The monoisotopic (exact) mass is 505 g/mol. The summed E-state index contributed by atoms with van der Waals surface area (Å²) in [5.41, 5.74) is 6.23. The zero-order valence-electron chi connectivity index (χ0n) is 20.6. The lowest BCUT2D eigenvalue weighted by Crippen LogP contribution is -2.47. The first-order valence-corrected chi connectivity index (χ1v) is 13.3. The molecule has 0 saturated carbocycles. The lowest BCUT2D eigenvalue weighted by atomic mass is 10.1. The van der Waals surface area contributed by atoms with Gasteiger partial charge in [0.05, 0.1) is 16.3 Å². The fourth-order valence-electron chi connectivity index (χ4n) is 4.68. The number of nitrogens with zero attached hydrogens (tertiary/aromatic N) is 5. The average Bonchev–Trinajstić information content (AvgIpc) is 3.53. The smallest absolute Gasteiger partial charge is 0.286 e. The van der Waals surface area contributed by atoms with E-state index in [0.717, 1.165) is 53.9 Å². The van der Waals surface area contributed by atoms with E-state index in [1.165, 1.54) is 23.0 Å². The molecule has 6 nitrogen and oxygen atoms in total. The molecule has 0 N–H and O–H groups in total. The number of hydrogen-bond donors (Lipinski definition) is 0. The first-order chi connectivity index (χ1) is 18.1. The van der Waals surface area contributed by atoms with Gasteiger partial charge < -0.3 is 9.80 Å². The summed E-state index contributed by atoms with van der Waals surface area (Å²) in [6, 6.07) is 28.7. The van der Waals surface area contributed by atoms with Gasteiger partial charge in [0.2, 0.25) is 0 Å². The molecule has 1 aromatic heterocycles. The number of aromatic nitrogens is 2. The Kier molecular flexibility index (Phi) is 6.37. The van der Waals surface area contributed by atoms with Gasteiger partial charge in [0.1, 0.15) is 0 Å². The molecule has 0 bridgehead atoms. The number of amidine groups is 1. The summed E-state index contributed by atoms with van der Waals surface area (Å²) in [5.74, 6) is -0.187. The van der Waals surface area contributed by atoms with Crippen LogP contribution < -0.4 is 4.90 Å². The Morgan fingerprint density at radius 2 is 1.49 bits per heavy atom. The third kappa shape index (κ3) is 4.95. The van der Waals surface area contributed by atoms with Crippen LogP contribution in [-0.4, -0.2) is 51.9 Å². The zero-order valence-corrected chi connectivity index (χ0v) is 21.4. The van der Waals surface area contributed by atoms with Crippen LogP contribution in [0, 0.1) is 6.92 Å². The summed E-state index contributed by atoms with van der Waals surface area (Å²) < 4.78 is 1.87. The van der Waals surface area contributed by atoms with Crippen molar-refractivity contribution in [1.82, 2.24) is 14.7 Å². The van der Waals surface area contributed by atoms with Gasteiger partial charge >= 0.3 is 0 Å². The van der Waals surface area contributed by atoms with Gasteiger partial charge in [0, 0.05) is 49.2 Å². The maximum Gasteiger partial charge on any atom is 0.286 e. The molecule has 184 valence electrons. The molecular weight excluding hydrogens is 478 g/mol. The van der Waals surface area contributed by atoms with Crippen LogP contribution in [0.15, 0.2) is 101 Å². The maximum atomic E-state index is 12.9. The second-order valence-corrected chi connectivity index (χ2v) is 10.2. The van der Waals surface area contributed by atoms with Crippen LogP contribution in [0.5, 0.6) is 0 Å². The minimum Gasteiger partial charge on any atom is -0.368 e. The van der Waals surface area contributed by atoms with Gasteiger partial charge in [0.15, 0.2) is 5.17 Å². The normalized spacial score (nSPS) is 16.9. The summed E-state index contributed by atoms with van der Waals surface area (Å²) in [6.45, 7) is 5.59. The zero-order chi connectivity index (χ0) is 25.2. The number of benzene rings is 3. The number of hydrogen-bond acceptors (Lipinski definition) is 5. The Balaban J connectivity index is 1.22. The number of carbonyl (C=O) groups is 1. The van der Waals surface area contributed by atoms with Crippen molar-refractivity contribution in [3.63, 3.8) is 0 Å². The van der Waals surface area contributed by atoms with Crippen LogP contribution in [0.4, 0.5) is 5.69 Å². The van der Waals surface area contributed by atoms with E-state index in [-0.39, 0.29) is 5.91 Å². The van der Waals surface area contributed by atoms with E-state index in [1.54, 1.807) is 0 Å². The van der Waals surface area contributed by atoms with Crippen molar-refractivity contribution in [2.24, 2.45) is 4.99 Å².